The van der Waals surface area contributed by atoms with Gasteiger partial charge in [-0.3, -0.25) is 9.89 Å². The average Bonchev–Trinajstić information content (AvgIpc) is 3.33. The molecule has 0 radical (unpaired) electrons. The van der Waals surface area contributed by atoms with E-state index in [1.54, 1.807) is 0 Å². The van der Waals surface area contributed by atoms with Crippen molar-refractivity contribution in [1.82, 2.24) is 10.2 Å². The molecule has 4 aromatic rings. The van der Waals surface area contributed by atoms with Gasteiger partial charge in [0.2, 0.25) is 0 Å². The van der Waals surface area contributed by atoms with Crippen LogP contribution in [0.2, 0.25) is 0 Å². The number of aryl methyl sites for hydroxylation is 1. The van der Waals surface area contributed by atoms with Gasteiger partial charge < -0.3 is 14.5 Å². The van der Waals surface area contributed by atoms with Gasteiger partial charge in [0.15, 0.2) is 11.5 Å². The molecule has 0 aliphatic rings. The summed E-state index contributed by atoms with van der Waals surface area (Å²) in [4.78, 5) is 12.3. The smallest absolute Gasteiger partial charge is 0.437 e. The number of aromatic nitrogens is 2. The van der Waals surface area contributed by atoms with Crippen LogP contribution in [0.15, 0.2) is 59.0 Å². The molecule has 2 heterocycles. The largest absolute Gasteiger partial charge is 0.486 e. The topological polar surface area (TPSA) is 80.2 Å². The predicted octanol–water partition coefficient (Wildman–Crippen LogP) is 5.31. The summed E-state index contributed by atoms with van der Waals surface area (Å²) in [6, 6.07) is 16.4. The molecule has 0 atom stereocenters. The summed E-state index contributed by atoms with van der Waals surface area (Å²) in [5.41, 5.74) is -1.54. The first-order chi connectivity index (χ1) is 14.3. The molecule has 0 spiro atoms. The first-order valence-corrected chi connectivity index (χ1v) is 8.95. The maximum Gasteiger partial charge on any atom is 0.437 e. The number of hydrogen-bond acceptors (Lipinski definition) is 4. The number of benzene rings is 2. The Labute approximate surface area is 168 Å². The van der Waals surface area contributed by atoms with Gasteiger partial charge in [-0.1, -0.05) is 30.3 Å². The lowest BCUT2D eigenvalue weighted by molar-refractivity contribution is -0.140. The minimum atomic E-state index is -4.70. The van der Waals surface area contributed by atoms with Gasteiger partial charge in [0, 0.05) is 0 Å². The number of fused-ring (bicyclic) bond motifs is 1. The van der Waals surface area contributed by atoms with Crippen molar-refractivity contribution in [3.8, 4) is 5.75 Å². The Morgan fingerprint density at radius 3 is 2.67 bits per heavy atom. The monoisotopic (exact) mass is 415 g/mol. The van der Waals surface area contributed by atoms with Crippen LogP contribution in [-0.4, -0.2) is 16.1 Å². The van der Waals surface area contributed by atoms with Gasteiger partial charge in [-0.2, -0.15) is 18.3 Å². The molecule has 0 unspecified atom stereocenters. The van der Waals surface area contributed by atoms with Crippen LogP contribution in [0.1, 0.15) is 27.7 Å². The lowest BCUT2D eigenvalue weighted by Gasteiger charge is -2.08. The second-order valence-electron chi connectivity index (χ2n) is 6.59. The number of alkyl halides is 3. The van der Waals surface area contributed by atoms with Gasteiger partial charge in [-0.15, -0.1) is 0 Å². The molecule has 2 N–H and O–H groups in total. The molecule has 2 aromatic carbocycles. The number of carbonyl (C=O) groups is 1. The van der Waals surface area contributed by atoms with Crippen LogP contribution in [0.5, 0.6) is 5.75 Å². The van der Waals surface area contributed by atoms with Crippen molar-refractivity contribution < 1.29 is 27.1 Å². The van der Waals surface area contributed by atoms with Crippen molar-refractivity contribution in [3.05, 3.63) is 77.5 Å². The fourth-order valence-electron chi connectivity index (χ4n) is 2.95. The van der Waals surface area contributed by atoms with Crippen LogP contribution in [0.4, 0.5) is 18.9 Å². The molecule has 1 amide bonds. The number of anilines is 1. The maximum atomic E-state index is 13.0. The summed E-state index contributed by atoms with van der Waals surface area (Å²) in [5, 5.41) is 9.73. The summed E-state index contributed by atoms with van der Waals surface area (Å²) < 4.78 is 50.1. The number of nitrogens with zero attached hydrogens (tertiary/aromatic N) is 1. The summed E-state index contributed by atoms with van der Waals surface area (Å²) >= 11 is 0. The number of ether oxygens (including phenoxy) is 1. The number of furan rings is 1. The number of rotatable bonds is 5. The highest BCUT2D eigenvalue weighted by molar-refractivity contribution is 6.03. The lowest BCUT2D eigenvalue weighted by Crippen LogP contribution is -2.16. The van der Waals surface area contributed by atoms with Crippen molar-refractivity contribution in [1.29, 1.82) is 0 Å². The van der Waals surface area contributed by atoms with Gasteiger partial charge in [0.25, 0.3) is 5.91 Å². The molecule has 0 fully saturated rings. The van der Waals surface area contributed by atoms with E-state index in [4.69, 9.17) is 9.15 Å². The van der Waals surface area contributed by atoms with E-state index in [1.165, 1.54) is 19.1 Å². The van der Waals surface area contributed by atoms with E-state index in [0.29, 0.717) is 11.5 Å². The molecule has 9 heteroatoms. The van der Waals surface area contributed by atoms with Crippen molar-refractivity contribution in [2.24, 2.45) is 0 Å². The van der Waals surface area contributed by atoms with Crippen molar-refractivity contribution in [2.75, 3.05) is 5.32 Å². The summed E-state index contributed by atoms with van der Waals surface area (Å²) in [5.74, 6) is 0.0241. The van der Waals surface area contributed by atoms with Gasteiger partial charge >= 0.3 is 6.18 Å². The first kappa shape index (κ1) is 19.6. The van der Waals surface area contributed by atoms with E-state index in [2.05, 4.69) is 15.5 Å². The number of halogens is 3. The summed E-state index contributed by atoms with van der Waals surface area (Å²) in [6.07, 6.45) is -4.70. The molecule has 2 aromatic heterocycles. The summed E-state index contributed by atoms with van der Waals surface area (Å²) in [6.45, 7) is 1.44. The zero-order valence-electron chi connectivity index (χ0n) is 15.7. The third-order valence-corrected chi connectivity index (χ3v) is 4.44. The van der Waals surface area contributed by atoms with Crippen molar-refractivity contribution >= 4 is 22.4 Å². The molecular weight excluding hydrogens is 399 g/mol. The summed E-state index contributed by atoms with van der Waals surface area (Å²) in [7, 11) is 0. The van der Waals surface area contributed by atoms with Gasteiger partial charge in [-0.05, 0) is 42.0 Å². The second kappa shape index (κ2) is 7.58. The quantitative estimate of drug-likeness (QED) is 0.463. The number of nitrogens with one attached hydrogen (secondary N) is 2. The molecule has 0 saturated heterocycles. The third kappa shape index (κ3) is 4.00. The Bertz CT molecular complexity index is 1210. The Morgan fingerprint density at radius 2 is 1.90 bits per heavy atom. The van der Waals surface area contributed by atoms with E-state index in [9.17, 15) is 18.0 Å². The van der Waals surface area contributed by atoms with Crippen LogP contribution < -0.4 is 10.1 Å². The SMILES string of the molecule is Cc1[nH]nc(C(F)(F)F)c1NC(=O)c1ccc(COc2ccc3ccccc3c2)o1. The number of H-pyrrole nitrogens is 1. The minimum absolute atomic E-state index is 0.0597. The molecule has 6 nitrogen and oxygen atoms in total. The number of carbonyl (C=O) groups excluding carboxylic acids is 1. The fraction of sp³-hybridized carbons (Fsp3) is 0.143. The van der Waals surface area contributed by atoms with Crippen molar-refractivity contribution in [3.63, 3.8) is 0 Å². The van der Waals surface area contributed by atoms with E-state index in [0.717, 1.165) is 10.8 Å². The molecule has 0 aliphatic heterocycles. The van der Waals surface area contributed by atoms with Gasteiger partial charge in [0.1, 0.15) is 18.1 Å². The van der Waals surface area contributed by atoms with Gasteiger partial charge in [0.05, 0.1) is 11.4 Å². The molecule has 0 aliphatic carbocycles. The highest BCUT2D eigenvalue weighted by Gasteiger charge is 2.38. The Hall–Kier alpha value is -3.75. The maximum absolute atomic E-state index is 13.0. The molecule has 0 bridgehead atoms. The zero-order valence-corrected chi connectivity index (χ0v) is 15.7. The Balaban J connectivity index is 1.44. The molecule has 4 rings (SSSR count). The fourth-order valence-corrected chi connectivity index (χ4v) is 2.95. The van der Waals surface area contributed by atoms with Crippen LogP contribution in [0, 0.1) is 6.92 Å². The Kier molecular flexibility index (Phi) is 4.94. The van der Waals surface area contributed by atoms with Crippen LogP contribution in [0.25, 0.3) is 10.8 Å². The predicted molar refractivity (Wildman–Crippen MR) is 103 cm³/mol. The highest BCUT2D eigenvalue weighted by Crippen LogP contribution is 2.35. The molecule has 30 heavy (non-hydrogen) atoms. The van der Waals surface area contributed by atoms with Gasteiger partial charge in [-0.25, -0.2) is 0 Å². The van der Waals surface area contributed by atoms with E-state index >= 15 is 0 Å². The lowest BCUT2D eigenvalue weighted by atomic mass is 10.1. The number of amides is 1. The number of aromatic amines is 1. The molecular formula is C21H16F3N3O3. The third-order valence-electron chi connectivity index (χ3n) is 4.44. The molecule has 0 saturated carbocycles. The highest BCUT2D eigenvalue weighted by atomic mass is 19.4. The number of hydrogen-bond donors (Lipinski definition) is 2. The standard InChI is InChI=1S/C21H16F3N3O3/c1-12-18(19(27-26-12)21(22,23)24)25-20(28)17-9-8-16(30-17)11-29-15-7-6-13-4-2-3-5-14(13)10-15/h2-10H,11H2,1H3,(H,25,28)(H,26,27). The van der Waals surface area contributed by atoms with E-state index < -0.39 is 23.5 Å². The Morgan fingerprint density at radius 1 is 1.13 bits per heavy atom. The van der Waals surface area contributed by atoms with Crippen LogP contribution >= 0.6 is 0 Å². The second-order valence-corrected chi connectivity index (χ2v) is 6.59. The van der Waals surface area contributed by atoms with Crippen LogP contribution in [0.3, 0.4) is 0 Å². The van der Waals surface area contributed by atoms with Crippen LogP contribution in [-0.2, 0) is 12.8 Å². The molecule has 154 valence electrons. The van der Waals surface area contributed by atoms with Crippen molar-refractivity contribution in [2.45, 2.75) is 19.7 Å². The average molecular weight is 415 g/mol. The normalized spacial score (nSPS) is 11.6. The first-order valence-electron chi connectivity index (χ1n) is 8.95. The zero-order chi connectivity index (χ0) is 21.3. The minimum Gasteiger partial charge on any atom is -0.486 e. The van der Waals surface area contributed by atoms with E-state index in [1.807, 2.05) is 42.5 Å². The van der Waals surface area contributed by atoms with E-state index in [-0.39, 0.29) is 18.1 Å².